The monoisotopic (exact) mass is 293 g/mol. The van der Waals surface area contributed by atoms with Gasteiger partial charge in [-0.1, -0.05) is 32.1 Å². The summed E-state index contributed by atoms with van der Waals surface area (Å²) >= 11 is 1.94. The van der Waals surface area contributed by atoms with Crippen molar-refractivity contribution < 1.29 is 0 Å². The Morgan fingerprint density at radius 3 is 2.80 bits per heavy atom. The Morgan fingerprint density at radius 2 is 2.10 bits per heavy atom. The number of nitrogens with one attached hydrogen (secondary N) is 1. The molecule has 3 nitrogen and oxygen atoms in total. The summed E-state index contributed by atoms with van der Waals surface area (Å²) < 4.78 is 0. The average Bonchev–Trinajstić information content (AvgIpc) is 2.84. The number of thiazole rings is 1. The summed E-state index contributed by atoms with van der Waals surface area (Å²) in [6.07, 6.45) is 6.30. The number of anilines is 1. The maximum atomic E-state index is 4.96. The minimum absolute atomic E-state index is 0.514. The topological polar surface area (TPSA) is 28.2 Å². The molecule has 1 saturated heterocycles. The van der Waals surface area contributed by atoms with Crippen LogP contribution in [0.3, 0.4) is 0 Å². The van der Waals surface area contributed by atoms with Gasteiger partial charge in [0.2, 0.25) is 0 Å². The van der Waals surface area contributed by atoms with Crippen LogP contribution >= 0.6 is 11.3 Å². The highest BCUT2D eigenvalue weighted by Gasteiger charge is 2.29. The summed E-state index contributed by atoms with van der Waals surface area (Å²) in [6, 6.07) is 0.552. The molecular formula is C16H27N3S. The molecule has 1 aromatic rings. The van der Waals surface area contributed by atoms with Crippen molar-refractivity contribution in [2.75, 3.05) is 24.5 Å². The van der Waals surface area contributed by atoms with Crippen LogP contribution in [-0.2, 0) is 6.42 Å². The molecule has 0 radical (unpaired) electrons. The fraction of sp³-hybridized carbons (Fsp3) is 0.812. The smallest absolute Gasteiger partial charge is 0.185 e. The molecule has 20 heavy (non-hydrogen) atoms. The summed E-state index contributed by atoms with van der Waals surface area (Å²) in [4.78, 5) is 8.98. The Bertz CT molecular complexity index is 456. The van der Waals surface area contributed by atoms with E-state index >= 15 is 0 Å². The summed E-state index contributed by atoms with van der Waals surface area (Å²) in [5, 5.41) is 4.90. The number of hydrogen-bond acceptors (Lipinski definition) is 4. The highest BCUT2D eigenvalue weighted by molar-refractivity contribution is 7.15. The Labute approximate surface area is 126 Å². The minimum atomic E-state index is 0.514. The van der Waals surface area contributed by atoms with Gasteiger partial charge in [0.05, 0.1) is 5.69 Å². The molecule has 1 unspecified atom stereocenters. The molecule has 1 atom stereocenters. The minimum Gasteiger partial charge on any atom is -0.348 e. The first-order valence-electron chi connectivity index (χ1n) is 8.07. The molecule has 1 aliphatic carbocycles. The van der Waals surface area contributed by atoms with Crippen LogP contribution in [0.5, 0.6) is 0 Å². The molecule has 3 rings (SSSR count). The van der Waals surface area contributed by atoms with Crippen LogP contribution in [-0.4, -0.2) is 24.6 Å². The van der Waals surface area contributed by atoms with E-state index in [2.05, 4.69) is 31.0 Å². The van der Waals surface area contributed by atoms with Crippen molar-refractivity contribution in [2.45, 2.75) is 58.9 Å². The Morgan fingerprint density at radius 1 is 1.35 bits per heavy atom. The molecule has 0 bridgehead atoms. The standard InChI is InChI=1S/C16H27N3S/c1-4-17-12-6-5-7-13-14(12)20-15(18-13)19-10-8-16(2,3)9-11-19/h12,17H,4-11H2,1-3H3. The summed E-state index contributed by atoms with van der Waals surface area (Å²) in [5.41, 5.74) is 1.88. The molecule has 2 heterocycles. The van der Waals surface area contributed by atoms with Crippen molar-refractivity contribution >= 4 is 16.5 Å². The largest absolute Gasteiger partial charge is 0.348 e. The van der Waals surface area contributed by atoms with E-state index in [-0.39, 0.29) is 0 Å². The molecule has 0 spiro atoms. The normalized spacial score (nSPS) is 25.6. The number of fused-ring (bicyclic) bond motifs is 1. The van der Waals surface area contributed by atoms with Crippen LogP contribution in [0.1, 0.15) is 63.1 Å². The van der Waals surface area contributed by atoms with Gasteiger partial charge in [0.1, 0.15) is 0 Å². The van der Waals surface area contributed by atoms with Gasteiger partial charge in [0.25, 0.3) is 0 Å². The van der Waals surface area contributed by atoms with Gasteiger partial charge in [-0.05, 0) is 44.1 Å². The number of hydrogen-bond donors (Lipinski definition) is 1. The first kappa shape index (κ1) is 14.3. The van der Waals surface area contributed by atoms with E-state index in [0.29, 0.717) is 11.5 Å². The zero-order valence-corrected chi connectivity index (χ0v) is 13.9. The lowest BCUT2D eigenvalue weighted by Gasteiger charge is -2.36. The van der Waals surface area contributed by atoms with Gasteiger partial charge in [-0.2, -0.15) is 0 Å². The van der Waals surface area contributed by atoms with Crippen LogP contribution < -0.4 is 10.2 Å². The summed E-state index contributed by atoms with van der Waals surface area (Å²) in [5.74, 6) is 0. The van der Waals surface area contributed by atoms with Crippen molar-refractivity contribution in [1.82, 2.24) is 10.3 Å². The molecular weight excluding hydrogens is 266 g/mol. The predicted octanol–water partition coefficient (Wildman–Crippen LogP) is 3.76. The zero-order valence-electron chi connectivity index (χ0n) is 13.0. The van der Waals surface area contributed by atoms with Crippen LogP contribution in [0.4, 0.5) is 5.13 Å². The SMILES string of the molecule is CCNC1CCCc2nc(N3CCC(C)(C)CC3)sc21. The number of aromatic nitrogens is 1. The lowest BCUT2D eigenvalue weighted by molar-refractivity contribution is 0.279. The van der Waals surface area contributed by atoms with Gasteiger partial charge in [0.15, 0.2) is 5.13 Å². The van der Waals surface area contributed by atoms with Crippen LogP contribution in [0.2, 0.25) is 0 Å². The molecule has 1 fully saturated rings. The molecule has 4 heteroatoms. The van der Waals surface area contributed by atoms with E-state index in [1.165, 1.54) is 60.9 Å². The third-order valence-corrected chi connectivity index (χ3v) is 6.05. The molecule has 112 valence electrons. The maximum Gasteiger partial charge on any atom is 0.185 e. The van der Waals surface area contributed by atoms with Crippen molar-refractivity contribution in [2.24, 2.45) is 5.41 Å². The fourth-order valence-electron chi connectivity index (χ4n) is 3.29. The van der Waals surface area contributed by atoms with E-state index in [9.17, 15) is 0 Å². The third kappa shape index (κ3) is 2.86. The third-order valence-electron chi connectivity index (χ3n) is 4.78. The van der Waals surface area contributed by atoms with Gasteiger partial charge < -0.3 is 10.2 Å². The number of aryl methyl sites for hydroxylation is 1. The number of nitrogens with zero attached hydrogens (tertiary/aromatic N) is 2. The van der Waals surface area contributed by atoms with E-state index in [0.717, 1.165) is 6.54 Å². The second-order valence-electron chi connectivity index (χ2n) is 6.96. The van der Waals surface area contributed by atoms with E-state index in [1.807, 2.05) is 11.3 Å². The molecule has 1 N–H and O–H groups in total. The average molecular weight is 293 g/mol. The summed E-state index contributed by atoms with van der Waals surface area (Å²) in [7, 11) is 0. The van der Waals surface area contributed by atoms with Gasteiger partial charge >= 0.3 is 0 Å². The molecule has 0 saturated carbocycles. The quantitative estimate of drug-likeness (QED) is 0.920. The Balaban J connectivity index is 1.76. The Hall–Kier alpha value is -0.610. The first-order chi connectivity index (χ1) is 9.59. The predicted molar refractivity (Wildman–Crippen MR) is 86.7 cm³/mol. The molecule has 1 aromatic heterocycles. The van der Waals surface area contributed by atoms with E-state index < -0.39 is 0 Å². The van der Waals surface area contributed by atoms with Crippen molar-refractivity contribution in [1.29, 1.82) is 0 Å². The molecule has 1 aliphatic heterocycles. The van der Waals surface area contributed by atoms with Gasteiger partial charge in [0, 0.05) is 24.0 Å². The van der Waals surface area contributed by atoms with Crippen LogP contribution in [0.15, 0.2) is 0 Å². The van der Waals surface area contributed by atoms with Gasteiger partial charge in [-0.3, -0.25) is 0 Å². The van der Waals surface area contributed by atoms with Crippen molar-refractivity contribution in [3.8, 4) is 0 Å². The van der Waals surface area contributed by atoms with E-state index in [4.69, 9.17) is 4.98 Å². The van der Waals surface area contributed by atoms with Gasteiger partial charge in [-0.25, -0.2) is 4.98 Å². The van der Waals surface area contributed by atoms with Crippen molar-refractivity contribution in [3.63, 3.8) is 0 Å². The highest BCUT2D eigenvalue weighted by atomic mass is 32.1. The highest BCUT2D eigenvalue weighted by Crippen LogP contribution is 2.39. The maximum absolute atomic E-state index is 4.96. The van der Waals surface area contributed by atoms with Crippen LogP contribution in [0, 0.1) is 5.41 Å². The number of rotatable bonds is 3. The van der Waals surface area contributed by atoms with Crippen LogP contribution in [0.25, 0.3) is 0 Å². The van der Waals surface area contributed by atoms with Gasteiger partial charge in [-0.15, -0.1) is 0 Å². The summed E-state index contributed by atoms with van der Waals surface area (Å²) in [6.45, 7) is 10.4. The van der Waals surface area contributed by atoms with Crippen molar-refractivity contribution in [3.05, 3.63) is 10.6 Å². The zero-order chi connectivity index (χ0) is 14.2. The molecule has 0 aromatic carbocycles. The van der Waals surface area contributed by atoms with E-state index in [1.54, 1.807) is 0 Å². The lowest BCUT2D eigenvalue weighted by atomic mass is 9.83. The Kier molecular flexibility index (Phi) is 4.04. The first-order valence-corrected chi connectivity index (χ1v) is 8.88. The second kappa shape index (κ2) is 5.64. The lowest BCUT2D eigenvalue weighted by Crippen LogP contribution is -2.37. The fourth-order valence-corrected chi connectivity index (χ4v) is 4.56. The second-order valence-corrected chi connectivity index (χ2v) is 7.97. The molecule has 0 amide bonds. The number of piperidine rings is 1. The molecule has 2 aliphatic rings.